The highest BCUT2D eigenvalue weighted by atomic mass is 16.2. The Labute approximate surface area is 134 Å². The highest BCUT2D eigenvalue weighted by Gasteiger charge is 2.34. The van der Waals surface area contributed by atoms with Crippen molar-refractivity contribution in [3.05, 3.63) is 52.2 Å². The Morgan fingerprint density at radius 2 is 1.91 bits per heavy atom. The number of amides is 1. The maximum absolute atomic E-state index is 12.6. The lowest BCUT2D eigenvalue weighted by Crippen LogP contribution is -2.36. The molecular formula is C17H20N4O2. The van der Waals surface area contributed by atoms with Crippen molar-refractivity contribution in [2.45, 2.75) is 32.4 Å². The number of nitrogens with zero attached hydrogens (tertiary/aromatic N) is 4. The van der Waals surface area contributed by atoms with Crippen LogP contribution in [0.5, 0.6) is 0 Å². The Morgan fingerprint density at radius 3 is 2.65 bits per heavy atom. The molecule has 2 aliphatic rings. The summed E-state index contributed by atoms with van der Waals surface area (Å²) in [6, 6.07) is 9.87. The molecule has 0 radical (unpaired) electrons. The molecule has 0 bridgehead atoms. The number of hydrogen-bond donors (Lipinski definition) is 0. The first-order chi connectivity index (χ1) is 11.2. The van der Waals surface area contributed by atoms with Crippen LogP contribution in [-0.4, -0.2) is 38.2 Å². The van der Waals surface area contributed by atoms with Gasteiger partial charge in [0.25, 0.3) is 0 Å². The van der Waals surface area contributed by atoms with E-state index in [4.69, 9.17) is 0 Å². The van der Waals surface area contributed by atoms with E-state index in [0.29, 0.717) is 32.6 Å². The largest absolute Gasteiger partial charge is 0.346 e. The minimum Gasteiger partial charge on any atom is -0.340 e. The van der Waals surface area contributed by atoms with Gasteiger partial charge in [0.15, 0.2) is 0 Å². The van der Waals surface area contributed by atoms with Crippen molar-refractivity contribution in [3.8, 4) is 0 Å². The fourth-order valence-corrected chi connectivity index (χ4v) is 3.13. The Balaban J connectivity index is 1.52. The molecule has 2 aromatic rings. The molecule has 1 aromatic heterocycles. The monoisotopic (exact) mass is 312 g/mol. The van der Waals surface area contributed by atoms with Crippen LogP contribution in [0.4, 0.5) is 0 Å². The molecule has 0 spiro atoms. The van der Waals surface area contributed by atoms with Crippen molar-refractivity contribution in [1.29, 1.82) is 0 Å². The second-order valence-electron chi connectivity index (χ2n) is 6.34. The first-order valence-corrected chi connectivity index (χ1v) is 8.21. The van der Waals surface area contributed by atoms with Crippen LogP contribution in [0.25, 0.3) is 0 Å². The highest BCUT2D eigenvalue weighted by molar-refractivity contribution is 5.81. The number of aromatic nitrogens is 3. The summed E-state index contributed by atoms with van der Waals surface area (Å²) in [6.07, 6.45) is 2.68. The van der Waals surface area contributed by atoms with Gasteiger partial charge in [0.1, 0.15) is 5.82 Å². The molecule has 4 rings (SSSR count). The standard InChI is InChI=1S/C17H20N4O2/c22-16(14-6-7-14)19-9-8-15-18-21(17(23)20(15)11-10-19)12-13-4-2-1-3-5-13/h1-5,14H,6-12H2. The zero-order chi connectivity index (χ0) is 15.8. The second-order valence-corrected chi connectivity index (χ2v) is 6.34. The van der Waals surface area contributed by atoms with Crippen molar-refractivity contribution < 1.29 is 4.79 Å². The van der Waals surface area contributed by atoms with Gasteiger partial charge in [-0.2, -0.15) is 5.10 Å². The fraction of sp³-hybridized carbons (Fsp3) is 0.471. The zero-order valence-corrected chi connectivity index (χ0v) is 13.0. The molecule has 0 saturated heterocycles. The molecule has 1 saturated carbocycles. The predicted molar refractivity (Wildman–Crippen MR) is 85.0 cm³/mol. The first-order valence-electron chi connectivity index (χ1n) is 8.21. The maximum Gasteiger partial charge on any atom is 0.346 e. The average Bonchev–Trinajstić information content (AvgIpc) is 3.38. The lowest BCUT2D eigenvalue weighted by Gasteiger charge is -2.19. The van der Waals surface area contributed by atoms with Gasteiger partial charge >= 0.3 is 5.69 Å². The Bertz CT molecular complexity index is 774. The molecule has 2 heterocycles. The number of benzene rings is 1. The summed E-state index contributed by atoms with van der Waals surface area (Å²) in [5.74, 6) is 1.27. The van der Waals surface area contributed by atoms with E-state index in [-0.39, 0.29) is 17.5 Å². The van der Waals surface area contributed by atoms with Crippen molar-refractivity contribution in [3.63, 3.8) is 0 Å². The van der Waals surface area contributed by atoms with E-state index >= 15 is 0 Å². The number of carbonyl (C=O) groups excluding carboxylic acids is 1. The van der Waals surface area contributed by atoms with E-state index in [9.17, 15) is 9.59 Å². The number of carbonyl (C=O) groups is 1. The molecule has 1 amide bonds. The fourth-order valence-electron chi connectivity index (χ4n) is 3.13. The molecule has 0 atom stereocenters. The summed E-state index contributed by atoms with van der Waals surface area (Å²) in [4.78, 5) is 26.6. The molecule has 1 aliphatic heterocycles. The molecule has 0 N–H and O–H groups in total. The molecule has 1 aromatic carbocycles. The van der Waals surface area contributed by atoms with E-state index in [0.717, 1.165) is 24.2 Å². The minimum atomic E-state index is -0.0791. The predicted octanol–water partition coefficient (Wildman–Crippen LogP) is 0.888. The zero-order valence-electron chi connectivity index (χ0n) is 13.0. The Morgan fingerprint density at radius 1 is 1.13 bits per heavy atom. The highest BCUT2D eigenvalue weighted by Crippen LogP contribution is 2.31. The number of hydrogen-bond acceptors (Lipinski definition) is 3. The Hall–Kier alpha value is -2.37. The van der Waals surface area contributed by atoms with Crippen LogP contribution >= 0.6 is 0 Å². The van der Waals surface area contributed by atoms with Crippen molar-refractivity contribution in [2.24, 2.45) is 5.92 Å². The quantitative estimate of drug-likeness (QED) is 0.845. The summed E-state index contributed by atoms with van der Waals surface area (Å²) in [5, 5.41) is 4.49. The van der Waals surface area contributed by atoms with Gasteiger partial charge in [0.05, 0.1) is 6.54 Å². The summed E-state index contributed by atoms with van der Waals surface area (Å²) in [5.41, 5.74) is 0.984. The third kappa shape index (κ3) is 2.81. The van der Waals surface area contributed by atoms with Gasteiger partial charge in [0, 0.05) is 32.0 Å². The topological polar surface area (TPSA) is 60.1 Å². The van der Waals surface area contributed by atoms with Crippen LogP contribution in [-0.2, 0) is 24.3 Å². The molecule has 1 aliphatic carbocycles. The van der Waals surface area contributed by atoms with Crippen LogP contribution in [0.1, 0.15) is 24.2 Å². The second kappa shape index (κ2) is 5.68. The summed E-state index contributed by atoms with van der Waals surface area (Å²) >= 11 is 0. The van der Waals surface area contributed by atoms with Crippen molar-refractivity contribution >= 4 is 5.91 Å². The normalized spacial score (nSPS) is 17.7. The number of rotatable bonds is 3. The first kappa shape index (κ1) is 14.2. The molecule has 6 heteroatoms. The lowest BCUT2D eigenvalue weighted by molar-refractivity contribution is -0.132. The van der Waals surface area contributed by atoms with Gasteiger partial charge in [-0.25, -0.2) is 9.48 Å². The van der Waals surface area contributed by atoms with E-state index in [1.807, 2.05) is 35.2 Å². The lowest BCUT2D eigenvalue weighted by atomic mass is 10.2. The van der Waals surface area contributed by atoms with Gasteiger partial charge in [-0.3, -0.25) is 9.36 Å². The van der Waals surface area contributed by atoms with Gasteiger partial charge in [-0.1, -0.05) is 30.3 Å². The van der Waals surface area contributed by atoms with Gasteiger partial charge in [0.2, 0.25) is 5.91 Å². The maximum atomic E-state index is 12.6. The van der Waals surface area contributed by atoms with Crippen LogP contribution in [0.3, 0.4) is 0 Å². The molecular weight excluding hydrogens is 292 g/mol. The summed E-state index contributed by atoms with van der Waals surface area (Å²) in [7, 11) is 0. The molecule has 120 valence electrons. The summed E-state index contributed by atoms with van der Waals surface area (Å²) in [6.45, 7) is 2.31. The number of fused-ring (bicyclic) bond motifs is 1. The van der Waals surface area contributed by atoms with E-state index in [1.54, 1.807) is 4.57 Å². The van der Waals surface area contributed by atoms with Gasteiger partial charge < -0.3 is 4.90 Å². The molecule has 1 fully saturated rings. The van der Waals surface area contributed by atoms with Crippen molar-refractivity contribution in [2.75, 3.05) is 13.1 Å². The van der Waals surface area contributed by atoms with Crippen LogP contribution in [0.2, 0.25) is 0 Å². The third-order valence-electron chi connectivity index (χ3n) is 4.61. The van der Waals surface area contributed by atoms with Gasteiger partial charge in [-0.05, 0) is 18.4 Å². The Kier molecular flexibility index (Phi) is 3.52. The van der Waals surface area contributed by atoms with Gasteiger partial charge in [-0.15, -0.1) is 0 Å². The van der Waals surface area contributed by atoms with Crippen LogP contribution in [0.15, 0.2) is 35.1 Å². The van der Waals surface area contributed by atoms with Crippen LogP contribution < -0.4 is 5.69 Å². The van der Waals surface area contributed by atoms with Crippen LogP contribution in [0, 0.1) is 5.92 Å². The van der Waals surface area contributed by atoms with E-state index < -0.39 is 0 Å². The SMILES string of the molecule is O=C(C1CC1)N1CCc2nn(Cc3ccccc3)c(=O)n2CC1. The molecule has 0 unspecified atom stereocenters. The third-order valence-corrected chi connectivity index (χ3v) is 4.61. The average molecular weight is 312 g/mol. The molecule has 6 nitrogen and oxygen atoms in total. The summed E-state index contributed by atoms with van der Waals surface area (Å²) < 4.78 is 3.26. The molecule has 23 heavy (non-hydrogen) atoms. The smallest absolute Gasteiger partial charge is 0.340 e. The van der Waals surface area contributed by atoms with Crippen molar-refractivity contribution in [1.82, 2.24) is 19.2 Å². The van der Waals surface area contributed by atoms with E-state index in [1.165, 1.54) is 4.68 Å². The van der Waals surface area contributed by atoms with E-state index in [2.05, 4.69) is 5.10 Å². The minimum absolute atomic E-state index is 0.0791.